The molecule has 1 fully saturated rings. The van der Waals surface area contributed by atoms with Crippen LogP contribution in [-0.4, -0.2) is 23.2 Å². The lowest BCUT2D eigenvalue weighted by Gasteiger charge is -2.27. The molecule has 178 valence electrons. The van der Waals surface area contributed by atoms with Gasteiger partial charge in [-0.1, -0.05) is 55.2 Å². The van der Waals surface area contributed by atoms with E-state index < -0.39 is 35.3 Å². The van der Waals surface area contributed by atoms with Crippen LogP contribution in [0.15, 0.2) is 42.5 Å². The number of rotatable bonds is 8. The number of carboxylic acid groups (broad SMARTS) is 1. The molecule has 2 aromatic rings. The number of anilines is 1. The van der Waals surface area contributed by atoms with Crippen molar-refractivity contribution in [2.24, 2.45) is 11.3 Å². The summed E-state index contributed by atoms with van der Waals surface area (Å²) in [7, 11) is 0. The van der Waals surface area contributed by atoms with Crippen molar-refractivity contribution in [1.82, 2.24) is 0 Å². The highest BCUT2D eigenvalue weighted by molar-refractivity contribution is 6.33. The Hall–Kier alpha value is -2.25. The van der Waals surface area contributed by atoms with Gasteiger partial charge in [-0.15, -0.1) is 0 Å². The molecule has 2 aromatic carbocycles. The van der Waals surface area contributed by atoms with Crippen LogP contribution in [0.1, 0.15) is 56.1 Å². The first-order valence-electron chi connectivity index (χ1n) is 10.6. The minimum Gasteiger partial charge on any atom is -0.481 e. The fourth-order valence-electron chi connectivity index (χ4n) is 4.38. The van der Waals surface area contributed by atoms with Crippen molar-refractivity contribution in [3.05, 3.63) is 63.6 Å². The Balaban J connectivity index is 1.94. The molecule has 0 spiro atoms. The predicted molar refractivity (Wildman–Crippen MR) is 122 cm³/mol. The van der Waals surface area contributed by atoms with Crippen LogP contribution in [0.2, 0.25) is 10.0 Å². The molecule has 0 saturated heterocycles. The molecule has 1 amide bonds. The maximum absolute atomic E-state index is 13.6. The summed E-state index contributed by atoms with van der Waals surface area (Å²) in [6.07, 6.45) is -2.96. The second-order valence-electron chi connectivity index (χ2n) is 8.51. The first-order valence-corrected chi connectivity index (χ1v) is 11.3. The maximum atomic E-state index is 13.6. The molecule has 0 bridgehead atoms. The zero-order valence-electron chi connectivity index (χ0n) is 18.0. The highest BCUT2D eigenvalue weighted by Crippen LogP contribution is 2.58. The van der Waals surface area contributed by atoms with Gasteiger partial charge in [-0.05, 0) is 60.6 Å². The Bertz CT molecular complexity index is 1040. The summed E-state index contributed by atoms with van der Waals surface area (Å²) < 4.78 is 40.8. The Kier molecular flexibility index (Phi) is 7.34. The summed E-state index contributed by atoms with van der Waals surface area (Å²) in [4.78, 5) is 24.9. The monoisotopic (exact) mass is 501 g/mol. The fourth-order valence-corrected chi connectivity index (χ4v) is 4.67. The molecule has 9 heteroatoms. The van der Waals surface area contributed by atoms with Crippen LogP contribution in [-0.2, 0) is 9.59 Å². The van der Waals surface area contributed by atoms with E-state index in [-0.39, 0.29) is 22.2 Å². The van der Waals surface area contributed by atoms with E-state index in [2.05, 4.69) is 5.32 Å². The molecule has 1 aliphatic carbocycles. The highest BCUT2D eigenvalue weighted by Gasteiger charge is 2.55. The van der Waals surface area contributed by atoms with Crippen LogP contribution < -0.4 is 5.32 Å². The molecular weight excluding hydrogens is 478 g/mol. The molecule has 33 heavy (non-hydrogen) atoms. The molecule has 3 atom stereocenters. The Morgan fingerprint density at radius 1 is 1.09 bits per heavy atom. The number of aliphatic carboxylic acids is 1. The van der Waals surface area contributed by atoms with Crippen molar-refractivity contribution in [2.45, 2.75) is 51.1 Å². The number of carbonyl (C=O) groups excluding carboxylic acids is 1. The molecular formula is C24H24Cl2F3NO3. The first-order chi connectivity index (χ1) is 15.4. The van der Waals surface area contributed by atoms with Crippen molar-refractivity contribution < 1.29 is 27.9 Å². The minimum atomic E-state index is -4.61. The van der Waals surface area contributed by atoms with Crippen molar-refractivity contribution >= 4 is 40.8 Å². The van der Waals surface area contributed by atoms with Gasteiger partial charge in [0.1, 0.15) is 0 Å². The lowest BCUT2D eigenvalue weighted by Crippen LogP contribution is -2.34. The van der Waals surface area contributed by atoms with Gasteiger partial charge in [0.2, 0.25) is 5.91 Å². The molecule has 1 saturated carbocycles. The first kappa shape index (κ1) is 25.4. The van der Waals surface area contributed by atoms with Gasteiger partial charge >= 0.3 is 12.1 Å². The van der Waals surface area contributed by atoms with E-state index in [1.165, 1.54) is 30.3 Å². The van der Waals surface area contributed by atoms with Crippen LogP contribution in [0.25, 0.3) is 0 Å². The van der Waals surface area contributed by atoms with Crippen LogP contribution in [0.5, 0.6) is 0 Å². The number of halogens is 5. The lowest BCUT2D eigenvalue weighted by molar-refractivity contribution is -0.178. The van der Waals surface area contributed by atoms with E-state index in [9.17, 15) is 27.9 Å². The topological polar surface area (TPSA) is 66.4 Å². The van der Waals surface area contributed by atoms with E-state index in [0.29, 0.717) is 29.8 Å². The van der Waals surface area contributed by atoms with Crippen molar-refractivity contribution in [3.8, 4) is 0 Å². The molecule has 0 aliphatic heterocycles. The van der Waals surface area contributed by atoms with E-state index in [4.69, 9.17) is 23.2 Å². The van der Waals surface area contributed by atoms with Gasteiger partial charge < -0.3 is 10.4 Å². The van der Waals surface area contributed by atoms with Crippen LogP contribution >= 0.6 is 23.2 Å². The quantitative estimate of drug-likeness (QED) is 0.399. The molecule has 0 heterocycles. The van der Waals surface area contributed by atoms with Crippen molar-refractivity contribution in [3.63, 3.8) is 0 Å². The summed E-state index contributed by atoms with van der Waals surface area (Å²) in [6, 6.07) is 10.4. The second kappa shape index (κ2) is 9.55. The van der Waals surface area contributed by atoms with Gasteiger partial charge in [0.05, 0.1) is 28.0 Å². The van der Waals surface area contributed by atoms with E-state index in [1.807, 2.05) is 6.92 Å². The Morgan fingerprint density at radius 3 is 2.15 bits per heavy atom. The summed E-state index contributed by atoms with van der Waals surface area (Å²) in [5.41, 5.74) is 0.125. The zero-order chi connectivity index (χ0) is 24.6. The minimum absolute atomic E-state index is 0.146. The third-order valence-corrected chi connectivity index (χ3v) is 7.05. The van der Waals surface area contributed by atoms with E-state index >= 15 is 0 Å². The number of amides is 1. The average Bonchev–Trinajstić information content (AvgIpc) is 3.53. The maximum Gasteiger partial charge on any atom is 0.392 e. The number of nitrogens with one attached hydrogen (secondary N) is 1. The normalized spacial score (nSPS) is 17.7. The number of hydrogen-bond acceptors (Lipinski definition) is 2. The van der Waals surface area contributed by atoms with Crippen LogP contribution in [0, 0.1) is 11.3 Å². The highest BCUT2D eigenvalue weighted by atomic mass is 35.5. The third-order valence-electron chi connectivity index (χ3n) is 6.47. The third kappa shape index (κ3) is 5.30. The van der Waals surface area contributed by atoms with Crippen molar-refractivity contribution in [2.75, 3.05) is 5.32 Å². The Labute approximate surface area is 200 Å². The Morgan fingerprint density at radius 2 is 1.67 bits per heavy atom. The molecule has 0 radical (unpaired) electrons. The zero-order valence-corrected chi connectivity index (χ0v) is 19.6. The standard InChI is InChI=1S/C24H24Cl2F3NO3/c1-3-17(23(10-11-23)22(32)33)15-6-9-18(26)19(12-15)30-21(31)20(13(2)24(27,28)29)14-4-7-16(25)8-5-14/h4-9,12-13,17,20H,3,10-11H2,1-2H3,(H,30,31)(H,32,33)/t13-,17?,20+/m1/s1. The van der Waals surface area contributed by atoms with Crippen LogP contribution in [0.4, 0.5) is 18.9 Å². The SMILES string of the molecule is CCC(c1ccc(Cl)c(NC(=O)[C@H](c2ccc(Cl)cc2)[C@@H](C)C(F)(F)F)c1)C1(C(=O)O)CC1. The molecule has 1 unspecified atom stereocenters. The van der Waals surface area contributed by atoms with Crippen molar-refractivity contribution in [1.29, 1.82) is 0 Å². The van der Waals surface area contributed by atoms with Gasteiger partial charge in [-0.2, -0.15) is 13.2 Å². The smallest absolute Gasteiger partial charge is 0.392 e. The van der Waals surface area contributed by atoms with Crippen LogP contribution in [0.3, 0.4) is 0 Å². The van der Waals surface area contributed by atoms with Gasteiger partial charge in [0, 0.05) is 5.02 Å². The molecule has 3 rings (SSSR count). The fraction of sp³-hybridized carbons (Fsp3) is 0.417. The van der Waals surface area contributed by atoms with Gasteiger partial charge in [0.25, 0.3) is 0 Å². The molecule has 2 N–H and O–H groups in total. The predicted octanol–water partition coefficient (Wildman–Crippen LogP) is 7.27. The lowest BCUT2D eigenvalue weighted by atomic mass is 9.81. The van der Waals surface area contributed by atoms with Gasteiger partial charge in [-0.3, -0.25) is 9.59 Å². The number of alkyl halides is 3. The molecule has 4 nitrogen and oxygen atoms in total. The summed E-state index contributed by atoms with van der Waals surface area (Å²) in [6.45, 7) is 2.83. The average molecular weight is 502 g/mol. The summed E-state index contributed by atoms with van der Waals surface area (Å²) in [5, 5.41) is 12.7. The summed E-state index contributed by atoms with van der Waals surface area (Å²) in [5.74, 6) is -5.54. The van der Waals surface area contributed by atoms with Gasteiger partial charge in [0.15, 0.2) is 0 Å². The largest absolute Gasteiger partial charge is 0.481 e. The van der Waals surface area contributed by atoms with E-state index in [1.54, 1.807) is 12.1 Å². The summed E-state index contributed by atoms with van der Waals surface area (Å²) >= 11 is 12.1. The number of carbonyl (C=O) groups is 2. The number of carboxylic acids is 1. The number of benzene rings is 2. The molecule has 1 aliphatic rings. The second-order valence-corrected chi connectivity index (χ2v) is 9.35. The number of hydrogen-bond donors (Lipinski definition) is 2. The van der Waals surface area contributed by atoms with E-state index in [0.717, 1.165) is 6.92 Å². The molecule has 0 aromatic heterocycles. The van der Waals surface area contributed by atoms with Gasteiger partial charge in [-0.25, -0.2) is 0 Å².